The normalized spacial score (nSPS) is 13.9. The number of hydrogen-bond acceptors (Lipinski definition) is 4. The highest BCUT2D eigenvalue weighted by Gasteiger charge is 2.41. The Morgan fingerprint density at radius 1 is 0.867 bits per heavy atom. The molecule has 5 nitrogen and oxygen atoms in total. The monoisotopic (exact) mass is 397 g/mol. The third kappa shape index (κ3) is 3.62. The number of nitrogens with zero attached hydrogens (tertiary/aromatic N) is 3. The van der Waals surface area contributed by atoms with E-state index in [1.54, 1.807) is 6.20 Å². The molecule has 0 N–H and O–H groups in total. The highest BCUT2D eigenvalue weighted by Crippen LogP contribution is 2.34. The minimum absolute atomic E-state index is 0.143. The minimum atomic E-state index is -0.299. The summed E-state index contributed by atoms with van der Waals surface area (Å²) in [7, 11) is 0. The molecular weight excluding hydrogens is 374 g/mol. The fourth-order valence-corrected chi connectivity index (χ4v) is 3.67. The average Bonchev–Trinajstić information content (AvgIpc) is 3.01. The molecule has 1 aromatic heterocycles. The largest absolute Gasteiger partial charge is 0.337 e. The van der Waals surface area contributed by atoms with E-state index in [1.807, 2.05) is 91.5 Å². The summed E-state index contributed by atoms with van der Waals surface area (Å²) >= 11 is 0. The zero-order chi connectivity index (χ0) is 21.1. The molecule has 30 heavy (non-hydrogen) atoms. The number of para-hydroxylation sites is 1. The van der Waals surface area contributed by atoms with Crippen LogP contribution in [0.5, 0.6) is 0 Å². The number of aryl methyl sites for hydroxylation is 1. The molecule has 0 unspecified atom stereocenters. The summed E-state index contributed by atoms with van der Waals surface area (Å²) in [6, 6.07) is 22.9. The summed E-state index contributed by atoms with van der Waals surface area (Å²) in [6.45, 7) is 4.68. The summed E-state index contributed by atoms with van der Waals surface area (Å²) in [6.07, 6.45) is 1.66. The van der Waals surface area contributed by atoms with Crippen molar-refractivity contribution in [3.8, 4) is 0 Å². The Morgan fingerprint density at radius 3 is 2.20 bits per heavy atom. The molecule has 1 aliphatic rings. The number of amides is 2. The molecule has 150 valence electrons. The van der Waals surface area contributed by atoms with Crippen LogP contribution in [0, 0.1) is 6.92 Å². The first kappa shape index (κ1) is 19.6. The van der Waals surface area contributed by atoms with E-state index in [2.05, 4.69) is 4.98 Å². The summed E-state index contributed by atoms with van der Waals surface area (Å²) in [4.78, 5) is 34.5. The number of aromatic nitrogens is 1. The van der Waals surface area contributed by atoms with E-state index in [1.165, 1.54) is 4.90 Å². The zero-order valence-electron chi connectivity index (χ0n) is 17.1. The molecule has 0 saturated heterocycles. The van der Waals surface area contributed by atoms with Crippen LogP contribution in [0.2, 0.25) is 0 Å². The Labute approximate surface area is 176 Å². The second-order valence-electron chi connectivity index (χ2n) is 7.19. The van der Waals surface area contributed by atoms with Crippen molar-refractivity contribution in [2.45, 2.75) is 20.4 Å². The fourth-order valence-electron chi connectivity index (χ4n) is 3.67. The SMILES string of the molecule is CCN(C1=C(c2ccc(C)cc2)C(=O)N(Cc2ccccn2)C1=O)c1ccccc1. The summed E-state index contributed by atoms with van der Waals surface area (Å²) in [5.74, 6) is -0.592. The molecule has 0 fully saturated rings. The van der Waals surface area contributed by atoms with Gasteiger partial charge in [0.15, 0.2) is 0 Å². The number of imide groups is 1. The highest BCUT2D eigenvalue weighted by molar-refractivity contribution is 6.36. The number of anilines is 1. The van der Waals surface area contributed by atoms with Crippen LogP contribution in [0.4, 0.5) is 5.69 Å². The lowest BCUT2D eigenvalue weighted by Gasteiger charge is -2.24. The average molecular weight is 397 g/mol. The maximum Gasteiger partial charge on any atom is 0.278 e. The second kappa shape index (κ2) is 8.33. The van der Waals surface area contributed by atoms with Crippen molar-refractivity contribution >= 4 is 23.1 Å². The van der Waals surface area contributed by atoms with E-state index >= 15 is 0 Å². The molecule has 2 amide bonds. The first-order valence-electron chi connectivity index (χ1n) is 10.00. The number of carbonyl (C=O) groups is 2. The molecule has 0 saturated carbocycles. The molecule has 0 spiro atoms. The van der Waals surface area contributed by atoms with Crippen LogP contribution in [0.15, 0.2) is 84.7 Å². The van der Waals surface area contributed by atoms with E-state index in [0.29, 0.717) is 23.5 Å². The molecule has 1 aliphatic heterocycles. The number of benzene rings is 2. The molecule has 2 heterocycles. The van der Waals surface area contributed by atoms with Crippen molar-refractivity contribution < 1.29 is 9.59 Å². The lowest BCUT2D eigenvalue weighted by Crippen LogP contribution is -2.35. The molecule has 0 radical (unpaired) electrons. The van der Waals surface area contributed by atoms with E-state index in [-0.39, 0.29) is 18.4 Å². The van der Waals surface area contributed by atoms with Crippen LogP contribution >= 0.6 is 0 Å². The van der Waals surface area contributed by atoms with Gasteiger partial charge in [0.2, 0.25) is 0 Å². The van der Waals surface area contributed by atoms with Gasteiger partial charge in [0, 0.05) is 18.4 Å². The maximum absolute atomic E-state index is 13.5. The molecule has 0 bridgehead atoms. The van der Waals surface area contributed by atoms with Crippen LogP contribution in [0.3, 0.4) is 0 Å². The van der Waals surface area contributed by atoms with Crippen molar-refractivity contribution in [1.82, 2.24) is 9.88 Å². The first-order chi connectivity index (χ1) is 14.6. The van der Waals surface area contributed by atoms with Gasteiger partial charge in [-0.1, -0.05) is 54.1 Å². The Morgan fingerprint density at radius 2 is 1.57 bits per heavy atom. The number of carbonyl (C=O) groups excluding carboxylic acids is 2. The molecule has 5 heteroatoms. The molecule has 4 rings (SSSR count). The van der Waals surface area contributed by atoms with Gasteiger partial charge in [-0.3, -0.25) is 19.5 Å². The quantitative estimate of drug-likeness (QED) is 0.585. The van der Waals surface area contributed by atoms with Crippen LogP contribution in [0.25, 0.3) is 5.57 Å². The van der Waals surface area contributed by atoms with Gasteiger partial charge >= 0.3 is 0 Å². The number of hydrogen-bond donors (Lipinski definition) is 0. The summed E-state index contributed by atoms with van der Waals surface area (Å²) < 4.78 is 0. The third-order valence-corrected chi connectivity index (χ3v) is 5.18. The van der Waals surface area contributed by atoms with E-state index in [4.69, 9.17) is 0 Å². The van der Waals surface area contributed by atoms with Crippen LogP contribution in [-0.2, 0) is 16.1 Å². The topological polar surface area (TPSA) is 53.5 Å². The highest BCUT2D eigenvalue weighted by atomic mass is 16.2. The van der Waals surface area contributed by atoms with Crippen molar-refractivity contribution in [2.75, 3.05) is 11.4 Å². The predicted octanol–water partition coefficient (Wildman–Crippen LogP) is 4.20. The smallest absolute Gasteiger partial charge is 0.278 e. The van der Waals surface area contributed by atoms with E-state index in [0.717, 1.165) is 16.8 Å². The standard InChI is InChI=1S/C25H23N3O2/c1-3-27(21-10-5-4-6-11-21)23-22(19-14-12-18(2)13-15-19)24(29)28(25(23)30)17-20-9-7-8-16-26-20/h4-16H,3,17H2,1-2H3. The van der Waals surface area contributed by atoms with Gasteiger partial charge in [0.1, 0.15) is 5.70 Å². The molecule has 2 aromatic carbocycles. The third-order valence-electron chi connectivity index (χ3n) is 5.18. The maximum atomic E-state index is 13.5. The van der Waals surface area contributed by atoms with E-state index < -0.39 is 0 Å². The summed E-state index contributed by atoms with van der Waals surface area (Å²) in [5, 5.41) is 0. The van der Waals surface area contributed by atoms with Gasteiger partial charge in [-0.25, -0.2) is 0 Å². The molecular formula is C25H23N3O2. The van der Waals surface area contributed by atoms with Gasteiger partial charge in [-0.05, 0) is 43.7 Å². The van der Waals surface area contributed by atoms with Crippen molar-refractivity contribution in [1.29, 1.82) is 0 Å². The Kier molecular flexibility index (Phi) is 5.44. The van der Waals surface area contributed by atoms with Crippen LogP contribution in [0.1, 0.15) is 23.7 Å². The number of likely N-dealkylation sites (N-methyl/N-ethyl adjacent to an activating group) is 1. The first-order valence-corrected chi connectivity index (χ1v) is 10.00. The zero-order valence-corrected chi connectivity index (χ0v) is 17.1. The van der Waals surface area contributed by atoms with Crippen LogP contribution in [-0.4, -0.2) is 28.2 Å². The van der Waals surface area contributed by atoms with E-state index in [9.17, 15) is 9.59 Å². The van der Waals surface area contributed by atoms with Gasteiger partial charge < -0.3 is 4.90 Å². The molecule has 0 atom stereocenters. The summed E-state index contributed by atoms with van der Waals surface area (Å²) in [5.41, 5.74) is 4.23. The number of rotatable bonds is 6. The second-order valence-corrected chi connectivity index (χ2v) is 7.19. The predicted molar refractivity (Wildman–Crippen MR) is 117 cm³/mol. The lowest BCUT2D eigenvalue weighted by atomic mass is 10.0. The van der Waals surface area contributed by atoms with Crippen LogP contribution < -0.4 is 4.90 Å². The van der Waals surface area contributed by atoms with Crippen molar-refractivity contribution in [2.24, 2.45) is 0 Å². The van der Waals surface area contributed by atoms with Gasteiger partial charge in [0.25, 0.3) is 11.8 Å². The minimum Gasteiger partial charge on any atom is -0.337 e. The van der Waals surface area contributed by atoms with Gasteiger partial charge in [-0.2, -0.15) is 0 Å². The lowest BCUT2D eigenvalue weighted by molar-refractivity contribution is -0.137. The van der Waals surface area contributed by atoms with Gasteiger partial charge in [-0.15, -0.1) is 0 Å². The van der Waals surface area contributed by atoms with Crippen molar-refractivity contribution in [3.05, 3.63) is 102 Å². The number of pyridine rings is 1. The molecule has 3 aromatic rings. The van der Waals surface area contributed by atoms with Gasteiger partial charge in [0.05, 0.1) is 17.8 Å². The Hall–Kier alpha value is -3.73. The molecule has 0 aliphatic carbocycles. The Balaban J connectivity index is 1.82. The fraction of sp³-hybridized carbons (Fsp3) is 0.160. The Bertz CT molecular complexity index is 1090. The van der Waals surface area contributed by atoms with Crippen molar-refractivity contribution in [3.63, 3.8) is 0 Å².